The minimum Gasteiger partial charge on any atom is -0.475 e. The molecule has 0 fully saturated rings. The number of carboxylic acids is 1. The number of rotatable bonds is 6. The molecule has 1 N–H and O–H groups in total. The zero-order valence-electron chi connectivity index (χ0n) is 13.7. The van der Waals surface area contributed by atoms with E-state index in [0.29, 0.717) is 11.7 Å². The molecule has 0 radical (unpaired) electrons. The van der Waals surface area contributed by atoms with Crippen LogP contribution in [0.15, 0.2) is 54.3 Å². The van der Waals surface area contributed by atoms with Crippen LogP contribution in [0.5, 0.6) is 5.75 Å². The van der Waals surface area contributed by atoms with E-state index in [1.165, 1.54) is 5.56 Å². The predicted molar refractivity (Wildman–Crippen MR) is 92.4 cm³/mol. The van der Waals surface area contributed by atoms with Crippen LogP contribution in [0, 0.1) is 12.8 Å². The van der Waals surface area contributed by atoms with Crippen molar-refractivity contribution in [3.63, 3.8) is 0 Å². The Labute approximate surface area is 137 Å². The van der Waals surface area contributed by atoms with Crippen molar-refractivity contribution >= 4 is 12.0 Å². The van der Waals surface area contributed by atoms with Crippen LogP contribution >= 0.6 is 0 Å². The molecule has 120 valence electrons. The van der Waals surface area contributed by atoms with Crippen molar-refractivity contribution in [1.29, 1.82) is 0 Å². The van der Waals surface area contributed by atoms with Gasteiger partial charge in [0.15, 0.2) is 0 Å². The molecule has 0 saturated heterocycles. The second kappa shape index (κ2) is 7.63. The molecule has 0 aliphatic carbocycles. The molecule has 0 aromatic heterocycles. The molecule has 3 nitrogen and oxygen atoms in total. The highest BCUT2D eigenvalue weighted by molar-refractivity contribution is 5.90. The van der Waals surface area contributed by atoms with Gasteiger partial charge in [0.1, 0.15) is 5.75 Å². The minimum atomic E-state index is -1.09. The van der Waals surface area contributed by atoms with Crippen LogP contribution in [-0.2, 0) is 11.2 Å². The first kappa shape index (κ1) is 16.8. The summed E-state index contributed by atoms with van der Waals surface area (Å²) in [7, 11) is 0. The van der Waals surface area contributed by atoms with Crippen LogP contribution < -0.4 is 4.74 Å². The first-order valence-corrected chi connectivity index (χ1v) is 7.72. The standard InChI is InChI=1S/C20H22O3/c1-14(2)12-16-6-8-17(9-7-16)13-19(20(21)22)23-18-10-4-15(3)5-11-18/h4-11,13-14H,12H2,1-3H3,(H,21,22). The SMILES string of the molecule is Cc1ccc(OC(=Cc2ccc(CC(C)C)cc2)C(=O)O)cc1. The topological polar surface area (TPSA) is 46.5 Å². The van der Waals surface area contributed by atoms with Gasteiger partial charge in [0.2, 0.25) is 5.76 Å². The lowest BCUT2D eigenvalue weighted by atomic mass is 10.0. The Morgan fingerprint density at radius 2 is 1.70 bits per heavy atom. The van der Waals surface area contributed by atoms with E-state index in [9.17, 15) is 9.90 Å². The number of carbonyl (C=O) groups is 1. The first-order chi connectivity index (χ1) is 10.9. The molecule has 0 spiro atoms. The molecule has 2 aromatic rings. The average Bonchev–Trinajstić information content (AvgIpc) is 2.50. The smallest absolute Gasteiger partial charge is 0.371 e. The number of hydrogen-bond donors (Lipinski definition) is 1. The van der Waals surface area contributed by atoms with Gasteiger partial charge >= 0.3 is 5.97 Å². The Balaban J connectivity index is 2.18. The van der Waals surface area contributed by atoms with Crippen LogP contribution in [-0.4, -0.2) is 11.1 Å². The summed E-state index contributed by atoms with van der Waals surface area (Å²) in [5.41, 5.74) is 3.15. The average molecular weight is 310 g/mol. The van der Waals surface area contributed by atoms with Crippen LogP contribution in [0.4, 0.5) is 0 Å². The van der Waals surface area contributed by atoms with E-state index < -0.39 is 5.97 Å². The summed E-state index contributed by atoms with van der Waals surface area (Å²) >= 11 is 0. The maximum atomic E-state index is 11.4. The zero-order valence-corrected chi connectivity index (χ0v) is 13.7. The van der Waals surface area contributed by atoms with E-state index in [0.717, 1.165) is 17.5 Å². The van der Waals surface area contributed by atoms with Gasteiger partial charge < -0.3 is 9.84 Å². The van der Waals surface area contributed by atoms with Gasteiger partial charge in [-0.05, 0) is 48.6 Å². The van der Waals surface area contributed by atoms with Crippen LogP contribution in [0.1, 0.15) is 30.5 Å². The largest absolute Gasteiger partial charge is 0.475 e. The molecule has 0 amide bonds. The lowest BCUT2D eigenvalue weighted by Gasteiger charge is -2.08. The minimum absolute atomic E-state index is 0.0922. The summed E-state index contributed by atoms with van der Waals surface area (Å²) in [5.74, 6) is -0.0705. The highest BCUT2D eigenvalue weighted by Gasteiger charge is 2.10. The van der Waals surface area contributed by atoms with Crippen molar-refractivity contribution in [2.75, 3.05) is 0 Å². The van der Waals surface area contributed by atoms with E-state index in [1.54, 1.807) is 18.2 Å². The molecule has 0 bridgehead atoms. The second-order valence-electron chi connectivity index (χ2n) is 6.07. The van der Waals surface area contributed by atoms with Crippen molar-refractivity contribution in [1.82, 2.24) is 0 Å². The van der Waals surface area contributed by atoms with Crippen molar-refractivity contribution in [3.8, 4) is 5.75 Å². The summed E-state index contributed by atoms with van der Waals surface area (Å²) in [6.45, 7) is 6.31. The summed E-state index contributed by atoms with van der Waals surface area (Å²) in [6, 6.07) is 15.2. The van der Waals surface area contributed by atoms with Gasteiger partial charge in [-0.1, -0.05) is 55.8 Å². The normalized spacial score (nSPS) is 11.6. The van der Waals surface area contributed by atoms with Gasteiger partial charge in [-0.2, -0.15) is 0 Å². The summed E-state index contributed by atoms with van der Waals surface area (Å²) in [4.78, 5) is 11.4. The molecule has 3 heteroatoms. The van der Waals surface area contributed by atoms with Gasteiger partial charge in [-0.3, -0.25) is 0 Å². The second-order valence-corrected chi connectivity index (χ2v) is 6.07. The lowest BCUT2D eigenvalue weighted by molar-refractivity contribution is -0.134. The number of carboxylic acid groups (broad SMARTS) is 1. The van der Waals surface area contributed by atoms with E-state index in [-0.39, 0.29) is 5.76 Å². The summed E-state index contributed by atoms with van der Waals surface area (Å²) < 4.78 is 5.49. The Morgan fingerprint density at radius 3 is 2.22 bits per heavy atom. The van der Waals surface area contributed by atoms with E-state index in [2.05, 4.69) is 13.8 Å². The van der Waals surface area contributed by atoms with E-state index >= 15 is 0 Å². The van der Waals surface area contributed by atoms with Gasteiger partial charge in [-0.15, -0.1) is 0 Å². The number of ether oxygens (including phenoxy) is 1. The molecule has 0 saturated carbocycles. The number of aryl methyl sites for hydroxylation is 1. The van der Waals surface area contributed by atoms with Crippen LogP contribution in [0.25, 0.3) is 6.08 Å². The van der Waals surface area contributed by atoms with Crippen molar-refractivity contribution < 1.29 is 14.6 Å². The third-order valence-electron chi connectivity index (χ3n) is 3.38. The first-order valence-electron chi connectivity index (χ1n) is 7.72. The third-order valence-corrected chi connectivity index (χ3v) is 3.38. The molecular formula is C20H22O3. The quantitative estimate of drug-likeness (QED) is 0.621. The van der Waals surface area contributed by atoms with Crippen molar-refractivity contribution in [2.24, 2.45) is 5.92 Å². The van der Waals surface area contributed by atoms with Gasteiger partial charge in [-0.25, -0.2) is 4.79 Å². The monoisotopic (exact) mass is 310 g/mol. The lowest BCUT2D eigenvalue weighted by Crippen LogP contribution is -2.07. The molecule has 0 heterocycles. The summed E-state index contributed by atoms with van der Waals surface area (Å²) in [6.07, 6.45) is 2.55. The highest BCUT2D eigenvalue weighted by atomic mass is 16.5. The van der Waals surface area contributed by atoms with Gasteiger partial charge in [0.25, 0.3) is 0 Å². The molecule has 2 aromatic carbocycles. The predicted octanol–water partition coefficient (Wildman–Crippen LogP) is 4.70. The molecule has 2 rings (SSSR count). The Morgan fingerprint density at radius 1 is 1.09 bits per heavy atom. The fourth-order valence-corrected chi connectivity index (χ4v) is 2.24. The van der Waals surface area contributed by atoms with Crippen molar-refractivity contribution in [2.45, 2.75) is 27.2 Å². The summed E-state index contributed by atoms with van der Waals surface area (Å²) in [5, 5.41) is 9.33. The highest BCUT2D eigenvalue weighted by Crippen LogP contribution is 2.18. The fourth-order valence-electron chi connectivity index (χ4n) is 2.24. The molecule has 0 aliphatic heterocycles. The van der Waals surface area contributed by atoms with Crippen LogP contribution in [0.3, 0.4) is 0 Å². The Bertz CT molecular complexity index is 680. The molecule has 0 atom stereocenters. The maximum absolute atomic E-state index is 11.4. The molecule has 0 unspecified atom stereocenters. The zero-order chi connectivity index (χ0) is 16.8. The maximum Gasteiger partial charge on any atom is 0.371 e. The van der Waals surface area contributed by atoms with E-state index in [1.807, 2.05) is 43.3 Å². The Kier molecular flexibility index (Phi) is 5.58. The number of aliphatic carboxylic acids is 1. The van der Waals surface area contributed by atoms with Gasteiger partial charge in [0, 0.05) is 0 Å². The molecule has 0 aliphatic rings. The van der Waals surface area contributed by atoms with Crippen molar-refractivity contribution in [3.05, 3.63) is 71.0 Å². The molecular weight excluding hydrogens is 288 g/mol. The van der Waals surface area contributed by atoms with Crippen LogP contribution in [0.2, 0.25) is 0 Å². The number of hydrogen-bond acceptors (Lipinski definition) is 2. The fraction of sp³-hybridized carbons (Fsp3) is 0.250. The van der Waals surface area contributed by atoms with E-state index in [4.69, 9.17) is 4.74 Å². The Hall–Kier alpha value is -2.55. The van der Waals surface area contributed by atoms with Gasteiger partial charge in [0.05, 0.1) is 0 Å². The third kappa shape index (κ3) is 5.29. The molecule has 23 heavy (non-hydrogen) atoms. The number of benzene rings is 2.